The SMILES string of the molecule is CCCCCC/C=C\C/C=C\CCCCCCCCCC(=O)NC(CO)C(O)/C=C/CC/C=C/CCCCCCCCCCCCCCCCCCCCCCCCC. The van der Waals surface area contributed by atoms with Crippen LogP contribution in [0.2, 0.25) is 0 Å². The fourth-order valence-corrected chi connectivity index (χ4v) is 7.99. The van der Waals surface area contributed by atoms with Crippen LogP contribution in [0, 0.1) is 0 Å². The van der Waals surface area contributed by atoms with E-state index in [0.29, 0.717) is 6.42 Å². The quantitative estimate of drug-likeness (QED) is 0.0423. The lowest BCUT2D eigenvalue weighted by molar-refractivity contribution is -0.123. The summed E-state index contributed by atoms with van der Waals surface area (Å²) in [7, 11) is 0. The normalized spacial score (nSPS) is 13.2. The minimum Gasteiger partial charge on any atom is -0.394 e. The van der Waals surface area contributed by atoms with Gasteiger partial charge in [0.05, 0.1) is 18.8 Å². The molecule has 1 amide bonds. The van der Waals surface area contributed by atoms with Gasteiger partial charge in [-0.2, -0.15) is 0 Å². The van der Waals surface area contributed by atoms with E-state index in [-0.39, 0.29) is 12.5 Å². The first kappa shape index (κ1) is 57.3. The van der Waals surface area contributed by atoms with E-state index in [2.05, 4.69) is 55.6 Å². The van der Waals surface area contributed by atoms with Crippen LogP contribution in [-0.4, -0.2) is 34.9 Å². The Hall–Kier alpha value is -1.65. The summed E-state index contributed by atoms with van der Waals surface area (Å²) < 4.78 is 0. The highest BCUT2D eigenvalue weighted by Gasteiger charge is 2.17. The van der Waals surface area contributed by atoms with Crippen LogP contribution in [0.3, 0.4) is 0 Å². The summed E-state index contributed by atoms with van der Waals surface area (Å²) in [6.07, 6.45) is 69.8. The number of hydrogen-bond donors (Lipinski definition) is 3. The van der Waals surface area contributed by atoms with Gasteiger partial charge in [0.25, 0.3) is 0 Å². The zero-order chi connectivity index (χ0) is 42.8. The molecule has 0 saturated heterocycles. The lowest BCUT2D eigenvalue weighted by Crippen LogP contribution is -2.45. The molecule has 0 radical (unpaired) electrons. The van der Waals surface area contributed by atoms with Crippen molar-refractivity contribution in [3.8, 4) is 0 Å². The molecule has 0 aliphatic carbocycles. The number of amides is 1. The molecule has 0 aromatic carbocycles. The van der Waals surface area contributed by atoms with Crippen molar-refractivity contribution in [3.63, 3.8) is 0 Å². The van der Waals surface area contributed by atoms with Crippen LogP contribution in [0.15, 0.2) is 48.6 Å². The van der Waals surface area contributed by atoms with Gasteiger partial charge in [0, 0.05) is 6.42 Å². The highest BCUT2D eigenvalue weighted by atomic mass is 16.3. The fraction of sp³-hybridized carbons (Fsp3) is 0.836. The average Bonchev–Trinajstić information content (AvgIpc) is 3.24. The largest absolute Gasteiger partial charge is 0.394 e. The number of carbonyl (C=O) groups excluding carboxylic acids is 1. The van der Waals surface area contributed by atoms with E-state index in [1.165, 1.54) is 212 Å². The highest BCUT2D eigenvalue weighted by molar-refractivity contribution is 5.76. The molecule has 0 aliphatic heterocycles. The minimum absolute atomic E-state index is 0.0804. The summed E-state index contributed by atoms with van der Waals surface area (Å²) in [5.41, 5.74) is 0. The second-order valence-corrected chi connectivity index (χ2v) is 17.9. The third-order valence-electron chi connectivity index (χ3n) is 12.0. The third kappa shape index (κ3) is 47.3. The Kier molecular flexibility index (Phi) is 49.3. The molecule has 0 aromatic rings. The standard InChI is InChI=1S/C55H103NO3/c1-3-5-7-9-11-13-15-17-19-21-23-24-25-26-27-28-29-30-31-32-33-34-36-38-40-42-44-46-48-50-54(58)53(52-57)56-55(59)51-49-47-45-43-41-39-37-35-22-20-18-16-14-12-10-8-6-4-2/h14,16,20,22,40,42,48,50,53-54,57-58H,3-13,15,17-19,21,23-39,41,43-47,49,51-52H2,1-2H3,(H,56,59)/b16-14-,22-20-,42-40+,50-48+. The molecule has 0 heterocycles. The van der Waals surface area contributed by atoms with Gasteiger partial charge in [-0.1, -0.05) is 255 Å². The molecule has 3 N–H and O–H groups in total. The van der Waals surface area contributed by atoms with E-state index in [9.17, 15) is 15.0 Å². The maximum absolute atomic E-state index is 12.4. The van der Waals surface area contributed by atoms with Gasteiger partial charge in [-0.05, 0) is 64.2 Å². The molecule has 346 valence electrons. The Balaban J connectivity index is 3.54. The van der Waals surface area contributed by atoms with Crippen molar-refractivity contribution in [2.75, 3.05) is 6.61 Å². The van der Waals surface area contributed by atoms with Gasteiger partial charge in [-0.3, -0.25) is 4.79 Å². The van der Waals surface area contributed by atoms with Gasteiger partial charge >= 0.3 is 0 Å². The van der Waals surface area contributed by atoms with E-state index in [4.69, 9.17) is 0 Å². The van der Waals surface area contributed by atoms with Crippen LogP contribution in [-0.2, 0) is 4.79 Å². The van der Waals surface area contributed by atoms with Crippen LogP contribution in [0.1, 0.15) is 277 Å². The molecular formula is C55H103NO3. The van der Waals surface area contributed by atoms with Gasteiger partial charge in [0.1, 0.15) is 0 Å². The zero-order valence-electron chi connectivity index (χ0n) is 39.8. The monoisotopic (exact) mass is 826 g/mol. The second kappa shape index (κ2) is 50.7. The second-order valence-electron chi connectivity index (χ2n) is 17.9. The summed E-state index contributed by atoms with van der Waals surface area (Å²) in [6.45, 7) is 4.30. The van der Waals surface area contributed by atoms with Crippen LogP contribution < -0.4 is 5.32 Å². The lowest BCUT2D eigenvalue weighted by atomic mass is 10.0. The van der Waals surface area contributed by atoms with Crippen molar-refractivity contribution in [2.24, 2.45) is 0 Å². The molecule has 0 aromatic heterocycles. The number of nitrogens with one attached hydrogen (secondary N) is 1. The topological polar surface area (TPSA) is 69.6 Å². The molecule has 0 rings (SSSR count). The number of carbonyl (C=O) groups is 1. The molecule has 4 heteroatoms. The van der Waals surface area contributed by atoms with E-state index in [1.807, 2.05) is 6.08 Å². The van der Waals surface area contributed by atoms with Crippen LogP contribution in [0.5, 0.6) is 0 Å². The van der Waals surface area contributed by atoms with Crippen molar-refractivity contribution in [2.45, 2.75) is 289 Å². The first-order valence-electron chi connectivity index (χ1n) is 26.4. The van der Waals surface area contributed by atoms with Gasteiger partial charge < -0.3 is 15.5 Å². The van der Waals surface area contributed by atoms with Crippen LogP contribution in [0.4, 0.5) is 0 Å². The van der Waals surface area contributed by atoms with E-state index in [1.54, 1.807) is 6.08 Å². The summed E-state index contributed by atoms with van der Waals surface area (Å²) >= 11 is 0. The number of hydrogen-bond acceptors (Lipinski definition) is 3. The Morgan fingerprint density at radius 3 is 1.10 bits per heavy atom. The van der Waals surface area contributed by atoms with Crippen LogP contribution in [0.25, 0.3) is 0 Å². The smallest absolute Gasteiger partial charge is 0.220 e. The predicted octanol–water partition coefficient (Wildman–Crippen LogP) is 17.1. The first-order valence-corrected chi connectivity index (χ1v) is 26.4. The lowest BCUT2D eigenvalue weighted by Gasteiger charge is -2.19. The van der Waals surface area contributed by atoms with E-state index < -0.39 is 12.1 Å². The molecular weight excluding hydrogens is 723 g/mol. The number of rotatable bonds is 48. The summed E-state index contributed by atoms with van der Waals surface area (Å²) in [6, 6.07) is -0.645. The molecule has 0 aliphatic rings. The van der Waals surface area contributed by atoms with Gasteiger partial charge in [-0.15, -0.1) is 0 Å². The predicted molar refractivity (Wildman–Crippen MR) is 262 cm³/mol. The summed E-state index contributed by atoms with van der Waals surface area (Å²) in [5, 5.41) is 23.1. The van der Waals surface area contributed by atoms with Crippen molar-refractivity contribution >= 4 is 5.91 Å². The Morgan fingerprint density at radius 1 is 0.407 bits per heavy atom. The van der Waals surface area contributed by atoms with Crippen molar-refractivity contribution in [1.29, 1.82) is 0 Å². The number of unbranched alkanes of at least 4 members (excludes halogenated alkanes) is 35. The van der Waals surface area contributed by atoms with Gasteiger partial charge in [0.15, 0.2) is 0 Å². The molecule has 0 spiro atoms. The van der Waals surface area contributed by atoms with Crippen LogP contribution >= 0.6 is 0 Å². The molecule has 2 atom stereocenters. The molecule has 0 fully saturated rings. The van der Waals surface area contributed by atoms with E-state index >= 15 is 0 Å². The maximum atomic E-state index is 12.4. The summed E-state index contributed by atoms with van der Waals surface area (Å²) in [5.74, 6) is -0.0804. The minimum atomic E-state index is -0.867. The Bertz CT molecular complexity index is 939. The van der Waals surface area contributed by atoms with Crippen molar-refractivity contribution in [3.05, 3.63) is 48.6 Å². The van der Waals surface area contributed by atoms with Gasteiger partial charge in [-0.25, -0.2) is 0 Å². The van der Waals surface area contributed by atoms with Crippen molar-refractivity contribution in [1.82, 2.24) is 5.32 Å². The average molecular weight is 826 g/mol. The Labute approximate surface area is 369 Å². The zero-order valence-corrected chi connectivity index (χ0v) is 39.8. The molecule has 59 heavy (non-hydrogen) atoms. The summed E-state index contributed by atoms with van der Waals surface area (Å²) in [4.78, 5) is 12.4. The highest BCUT2D eigenvalue weighted by Crippen LogP contribution is 2.16. The van der Waals surface area contributed by atoms with Crippen molar-refractivity contribution < 1.29 is 15.0 Å². The van der Waals surface area contributed by atoms with E-state index in [0.717, 1.165) is 44.9 Å². The van der Waals surface area contributed by atoms with Gasteiger partial charge in [0.2, 0.25) is 5.91 Å². The Morgan fingerprint density at radius 2 is 0.712 bits per heavy atom. The molecule has 0 saturated carbocycles. The first-order chi connectivity index (χ1) is 29.2. The number of allylic oxidation sites excluding steroid dienone is 7. The maximum Gasteiger partial charge on any atom is 0.220 e. The molecule has 0 bridgehead atoms. The number of aliphatic hydroxyl groups is 2. The third-order valence-corrected chi connectivity index (χ3v) is 12.0. The fourth-order valence-electron chi connectivity index (χ4n) is 7.99. The molecule has 2 unspecified atom stereocenters. The number of aliphatic hydroxyl groups excluding tert-OH is 2. The molecule has 4 nitrogen and oxygen atoms in total.